The van der Waals surface area contributed by atoms with Crippen LogP contribution in [0.1, 0.15) is 46.5 Å². The van der Waals surface area contributed by atoms with E-state index in [2.05, 4.69) is 24.1 Å². The number of ether oxygens (including phenoxy) is 1. The molecule has 1 heterocycles. The molecule has 1 N–H and O–H groups in total. The van der Waals surface area contributed by atoms with Crippen molar-refractivity contribution in [1.29, 1.82) is 0 Å². The molecule has 2 fully saturated rings. The summed E-state index contributed by atoms with van der Waals surface area (Å²) < 4.78 is 5.35. The lowest BCUT2D eigenvalue weighted by Crippen LogP contribution is -2.51. The van der Waals surface area contributed by atoms with Crippen LogP contribution in [0.25, 0.3) is 0 Å². The second-order valence-electron chi connectivity index (χ2n) is 6.39. The molecule has 0 aromatic heterocycles. The number of carbonyl (C=O) groups is 1. The molecule has 3 atom stereocenters. The zero-order valence-electron chi connectivity index (χ0n) is 12.7. The minimum atomic E-state index is -0.0521. The first-order chi connectivity index (χ1) is 9.06. The number of methoxy groups -OCH3 is 1. The molecule has 0 spiro atoms. The number of nitrogens with one attached hydrogen (secondary N) is 1. The third-order valence-corrected chi connectivity index (χ3v) is 4.66. The Morgan fingerprint density at radius 1 is 1.37 bits per heavy atom. The predicted octanol–water partition coefficient (Wildman–Crippen LogP) is 1.99. The Morgan fingerprint density at radius 2 is 2.00 bits per heavy atom. The standard InChI is InChI=1S/C15H28N2O2/c1-10(2)13(9-19-4)17-14(12-7-5-6-8-12)16-11(3)15(17)18/h10-14,16H,5-9H2,1-4H3. The van der Waals surface area contributed by atoms with Crippen LogP contribution in [0.3, 0.4) is 0 Å². The van der Waals surface area contributed by atoms with Crippen LogP contribution in [0.2, 0.25) is 0 Å². The number of nitrogens with zero attached hydrogens (tertiary/aromatic N) is 1. The molecule has 1 saturated carbocycles. The van der Waals surface area contributed by atoms with E-state index < -0.39 is 0 Å². The topological polar surface area (TPSA) is 41.6 Å². The molecule has 2 rings (SSSR count). The first-order valence-electron chi connectivity index (χ1n) is 7.63. The van der Waals surface area contributed by atoms with Gasteiger partial charge in [-0.1, -0.05) is 26.7 Å². The molecule has 1 amide bonds. The van der Waals surface area contributed by atoms with Gasteiger partial charge >= 0.3 is 0 Å². The summed E-state index contributed by atoms with van der Waals surface area (Å²) in [6.45, 7) is 6.95. The summed E-state index contributed by atoms with van der Waals surface area (Å²) in [6.07, 6.45) is 5.30. The van der Waals surface area contributed by atoms with Gasteiger partial charge in [-0.25, -0.2) is 0 Å². The maximum Gasteiger partial charge on any atom is 0.241 e. The second-order valence-corrected chi connectivity index (χ2v) is 6.39. The monoisotopic (exact) mass is 268 g/mol. The van der Waals surface area contributed by atoms with Gasteiger partial charge in [0.2, 0.25) is 5.91 Å². The average molecular weight is 268 g/mol. The van der Waals surface area contributed by atoms with Gasteiger partial charge in [0.05, 0.1) is 24.9 Å². The van der Waals surface area contributed by atoms with E-state index in [-0.39, 0.29) is 24.2 Å². The Balaban J connectivity index is 2.18. The van der Waals surface area contributed by atoms with Gasteiger partial charge in [0.15, 0.2) is 0 Å². The fraction of sp³-hybridized carbons (Fsp3) is 0.933. The maximum atomic E-state index is 12.5. The van der Waals surface area contributed by atoms with Crippen molar-refractivity contribution in [2.45, 2.75) is 64.7 Å². The highest BCUT2D eigenvalue weighted by molar-refractivity contribution is 5.84. The van der Waals surface area contributed by atoms with Gasteiger partial charge in [0.25, 0.3) is 0 Å². The van der Waals surface area contributed by atoms with Crippen molar-refractivity contribution >= 4 is 5.91 Å². The van der Waals surface area contributed by atoms with Crippen LogP contribution in [0, 0.1) is 11.8 Å². The second kappa shape index (κ2) is 6.23. The fourth-order valence-electron chi connectivity index (χ4n) is 3.54. The number of carbonyl (C=O) groups excluding carboxylic acids is 1. The summed E-state index contributed by atoms with van der Waals surface area (Å²) in [6, 6.07) is 0.129. The number of rotatable bonds is 5. The largest absolute Gasteiger partial charge is 0.383 e. The van der Waals surface area contributed by atoms with Gasteiger partial charge in [-0.15, -0.1) is 0 Å². The molecule has 0 aromatic carbocycles. The number of hydrogen-bond acceptors (Lipinski definition) is 3. The van der Waals surface area contributed by atoms with E-state index in [4.69, 9.17) is 4.74 Å². The lowest BCUT2D eigenvalue weighted by atomic mass is 9.98. The van der Waals surface area contributed by atoms with Gasteiger partial charge in [0.1, 0.15) is 0 Å². The van der Waals surface area contributed by atoms with Crippen LogP contribution in [0.5, 0.6) is 0 Å². The van der Waals surface area contributed by atoms with Crippen molar-refractivity contribution in [3.8, 4) is 0 Å². The van der Waals surface area contributed by atoms with E-state index >= 15 is 0 Å². The highest BCUT2D eigenvalue weighted by Crippen LogP contribution is 2.34. The summed E-state index contributed by atoms with van der Waals surface area (Å²) in [7, 11) is 1.72. The molecule has 0 radical (unpaired) electrons. The average Bonchev–Trinajstić information content (AvgIpc) is 2.97. The highest BCUT2D eigenvalue weighted by Gasteiger charge is 2.45. The van der Waals surface area contributed by atoms with Gasteiger partial charge in [-0.2, -0.15) is 0 Å². The van der Waals surface area contributed by atoms with Crippen LogP contribution in [-0.2, 0) is 9.53 Å². The Bertz CT molecular complexity index is 313. The summed E-state index contributed by atoms with van der Waals surface area (Å²) in [5.41, 5.74) is 0. The first kappa shape index (κ1) is 14.8. The Kier molecular flexibility index (Phi) is 4.85. The van der Waals surface area contributed by atoms with Crippen molar-refractivity contribution in [3.05, 3.63) is 0 Å². The van der Waals surface area contributed by atoms with Gasteiger partial charge in [0, 0.05) is 7.11 Å². The molecule has 1 aliphatic heterocycles. The summed E-state index contributed by atoms with van der Waals surface area (Å²) in [4.78, 5) is 14.6. The minimum absolute atomic E-state index is 0.0521. The molecule has 4 nitrogen and oxygen atoms in total. The molecule has 1 saturated heterocycles. The molecule has 0 aromatic rings. The van der Waals surface area contributed by atoms with Gasteiger partial charge in [-0.05, 0) is 31.6 Å². The maximum absolute atomic E-state index is 12.5. The van der Waals surface area contributed by atoms with Crippen LogP contribution in [-0.4, -0.2) is 42.8 Å². The summed E-state index contributed by atoms with van der Waals surface area (Å²) in [5, 5.41) is 3.51. The third-order valence-electron chi connectivity index (χ3n) is 4.66. The highest BCUT2D eigenvalue weighted by atomic mass is 16.5. The first-order valence-corrected chi connectivity index (χ1v) is 7.63. The van der Waals surface area contributed by atoms with Crippen molar-refractivity contribution < 1.29 is 9.53 Å². The molecule has 3 unspecified atom stereocenters. The van der Waals surface area contributed by atoms with E-state index in [1.807, 2.05) is 6.92 Å². The van der Waals surface area contributed by atoms with Crippen molar-refractivity contribution in [3.63, 3.8) is 0 Å². The Hall–Kier alpha value is -0.610. The third kappa shape index (κ3) is 2.95. The summed E-state index contributed by atoms with van der Waals surface area (Å²) >= 11 is 0. The molecular formula is C15H28N2O2. The quantitative estimate of drug-likeness (QED) is 0.829. The molecular weight excluding hydrogens is 240 g/mol. The predicted molar refractivity (Wildman–Crippen MR) is 75.7 cm³/mol. The van der Waals surface area contributed by atoms with Crippen LogP contribution < -0.4 is 5.32 Å². The molecule has 4 heteroatoms. The van der Waals surface area contributed by atoms with Crippen LogP contribution in [0.4, 0.5) is 0 Å². The van der Waals surface area contributed by atoms with Crippen LogP contribution >= 0.6 is 0 Å². The van der Waals surface area contributed by atoms with E-state index in [1.165, 1.54) is 25.7 Å². The lowest BCUT2D eigenvalue weighted by Gasteiger charge is -2.37. The molecule has 1 aliphatic carbocycles. The van der Waals surface area contributed by atoms with E-state index in [0.29, 0.717) is 18.4 Å². The molecule has 110 valence electrons. The Labute approximate surface area is 116 Å². The minimum Gasteiger partial charge on any atom is -0.383 e. The van der Waals surface area contributed by atoms with Crippen LogP contribution in [0.15, 0.2) is 0 Å². The molecule has 2 aliphatic rings. The summed E-state index contributed by atoms with van der Waals surface area (Å²) in [5.74, 6) is 1.28. The zero-order valence-corrected chi connectivity index (χ0v) is 12.7. The van der Waals surface area contributed by atoms with Crippen molar-refractivity contribution in [1.82, 2.24) is 10.2 Å². The van der Waals surface area contributed by atoms with E-state index in [1.54, 1.807) is 7.11 Å². The fourth-order valence-corrected chi connectivity index (χ4v) is 3.54. The smallest absolute Gasteiger partial charge is 0.241 e. The van der Waals surface area contributed by atoms with Crippen molar-refractivity contribution in [2.24, 2.45) is 11.8 Å². The molecule has 0 bridgehead atoms. The zero-order chi connectivity index (χ0) is 14.0. The normalized spacial score (nSPS) is 30.6. The van der Waals surface area contributed by atoms with Crippen molar-refractivity contribution in [2.75, 3.05) is 13.7 Å². The Morgan fingerprint density at radius 3 is 2.53 bits per heavy atom. The number of amides is 1. The van der Waals surface area contributed by atoms with Gasteiger partial charge < -0.3 is 9.64 Å². The molecule has 19 heavy (non-hydrogen) atoms. The van der Waals surface area contributed by atoms with Gasteiger partial charge in [-0.3, -0.25) is 10.1 Å². The SMILES string of the molecule is COCC(C(C)C)N1C(=O)C(C)NC1C1CCCC1. The number of hydrogen-bond donors (Lipinski definition) is 1. The van der Waals surface area contributed by atoms with E-state index in [0.717, 1.165) is 0 Å². The van der Waals surface area contributed by atoms with E-state index in [9.17, 15) is 4.79 Å². The lowest BCUT2D eigenvalue weighted by molar-refractivity contribution is -0.135.